The van der Waals surface area contributed by atoms with Crippen molar-refractivity contribution in [1.82, 2.24) is 9.80 Å². The van der Waals surface area contributed by atoms with Crippen LogP contribution in [-0.4, -0.2) is 122 Å². The first-order chi connectivity index (χ1) is 21.3. The molecule has 2 aromatic rings. The SMILES string of the molecule is C.CC(C)(C)OC(=O)N1CCC(=O)CC1.CN(C)c1c[c-]ccc1.CN(C)c1cccc(C2(O)CCN(C(=O)OC(C)(C)C)CC2)c1.[Br-].[Mg+2]. The van der Waals surface area contributed by atoms with Gasteiger partial charge in [-0.25, -0.2) is 9.59 Å². The molecule has 2 fully saturated rings. The minimum atomic E-state index is -0.884. The van der Waals surface area contributed by atoms with Gasteiger partial charge in [0, 0.05) is 58.8 Å². The molecule has 2 saturated heterocycles. The van der Waals surface area contributed by atoms with E-state index in [4.69, 9.17) is 9.47 Å². The van der Waals surface area contributed by atoms with Gasteiger partial charge < -0.3 is 51.2 Å². The molecule has 0 saturated carbocycles. The van der Waals surface area contributed by atoms with E-state index in [1.807, 2.05) is 117 Å². The third-order valence-corrected chi connectivity index (χ3v) is 7.32. The number of amides is 2. The van der Waals surface area contributed by atoms with E-state index < -0.39 is 16.8 Å². The second-order valence-electron chi connectivity index (χ2n) is 14.1. The zero-order chi connectivity index (χ0) is 34.7. The van der Waals surface area contributed by atoms with Crippen molar-refractivity contribution in [2.45, 2.75) is 91.5 Å². The van der Waals surface area contributed by atoms with Crippen LogP contribution in [0.4, 0.5) is 21.0 Å². The predicted octanol–water partition coefficient (Wildman–Crippen LogP) is 3.37. The number of likely N-dealkylation sites (tertiary alicyclic amines) is 2. The first-order valence-electron chi connectivity index (χ1n) is 15.9. The Kier molecular flexibility index (Phi) is 21.4. The summed E-state index contributed by atoms with van der Waals surface area (Å²) in [5.41, 5.74) is 1.32. The number of hydrogen-bond acceptors (Lipinski definition) is 8. The van der Waals surface area contributed by atoms with Crippen LogP contribution in [0, 0.1) is 6.07 Å². The fraction of sp³-hybridized carbons (Fsp3) is 0.595. The van der Waals surface area contributed by atoms with Crippen molar-refractivity contribution in [3.63, 3.8) is 0 Å². The number of carbonyl (C=O) groups is 3. The van der Waals surface area contributed by atoms with E-state index >= 15 is 0 Å². The second-order valence-corrected chi connectivity index (χ2v) is 14.1. The van der Waals surface area contributed by atoms with Crippen molar-refractivity contribution in [3.05, 3.63) is 60.2 Å². The van der Waals surface area contributed by atoms with Crippen molar-refractivity contribution in [3.8, 4) is 0 Å². The van der Waals surface area contributed by atoms with Gasteiger partial charge >= 0.3 is 35.2 Å². The largest absolute Gasteiger partial charge is 2.00 e. The Morgan fingerprint density at radius 3 is 1.63 bits per heavy atom. The molecule has 2 aliphatic heterocycles. The number of halogens is 1. The van der Waals surface area contributed by atoms with Crippen LogP contribution in [0.25, 0.3) is 0 Å². The topological polar surface area (TPSA) is 103 Å². The van der Waals surface area contributed by atoms with Gasteiger partial charge in [0.05, 0.1) is 5.60 Å². The van der Waals surface area contributed by atoms with Gasteiger partial charge in [-0.1, -0.05) is 25.2 Å². The van der Waals surface area contributed by atoms with Gasteiger partial charge in [-0.05, 0) is 86.2 Å². The fourth-order valence-corrected chi connectivity index (χ4v) is 4.68. The van der Waals surface area contributed by atoms with Crippen molar-refractivity contribution >= 4 is 52.4 Å². The van der Waals surface area contributed by atoms with Crippen LogP contribution >= 0.6 is 0 Å². The van der Waals surface area contributed by atoms with E-state index in [1.54, 1.807) is 9.80 Å². The number of anilines is 2. The first kappa shape index (κ1) is 48.6. The summed E-state index contributed by atoms with van der Waals surface area (Å²) in [4.78, 5) is 41.9. The standard InChI is InChI=1S/C18H28N2O3.C10H17NO3.C8H10N.CH4.BrH.Mg/c1-17(2,3)23-16(21)20-11-9-18(22,10-12-20)14-7-6-8-15(13-14)19(4)5;1-10(2,3)14-9(13)11-6-4-8(12)5-7-11;1-9(2)8-6-4-3-5-7-8;;;/h6-8,13,22H,9-12H2,1-5H3;4-7H2,1-3H3;3-4,6-7H,1-2H3;1H4;1H;/q;;-1;;;+2/p-1. The maximum atomic E-state index is 12.1. The maximum Gasteiger partial charge on any atom is 2.00 e. The Morgan fingerprint density at radius 1 is 0.796 bits per heavy atom. The molecule has 2 aromatic carbocycles. The molecule has 49 heavy (non-hydrogen) atoms. The number of aliphatic hydroxyl groups is 1. The number of carbonyl (C=O) groups excluding carboxylic acids is 3. The van der Waals surface area contributed by atoms with Crippen LogP contribution < -0.4 is 26.8 Å². The van der Waals surface area contributed by atoms with Gasteiger partial charge in [0.1, 0.15) is 17.0 Å². The summed E-state index contributed by atoms with van der Waals surface area (Å²) in [6.07, 6.45) is 1.33. The third-order valence-electron chi connectivity index (χ3n) is 7.32. The van der Waals surface area contributed by atoms with E-state index in [9.17, 15) is 19.5 Å². The second kappa shape index (κ2) is 21.6. The predicted molar refractivity (Wildman–Crippen MR) is 196 cm³/mol. The molecule has 0 aliphatic carbocycles. The molecule has 0 bridgehead atoms. The van der Waals surface area contributed by atoms with Crippen molar-refractivity contribution in [2.24, 2.45) is 0 Å². The smallest absolute Gasteiger partial charge is 1.00 e. The van der Waals surface area contributed by atoms with Crippen molar-refractivity contribution in [1.29, 1.82) is 0 Å². The van der Waals surface area contributed by atoms with Crippen LogP contribution in [0.5, 0.6) is 0 Å². The first-order valence-corrected chi connectivity index (χ1v) is 15.9. The molecule has 0 spiro atoms. The Bertz CT molecular complexity index is 1260. The van der Waals surface area contributed by atoms with Crippen LogP contribution in [0.1, 0.15) is 80.2 Å². The molecule has 4 rings (SSSR count). The number of hydrogen-bond donors (Lipinski definition) is 1. The van der Waals surface area contributed by atoms with Crippen LogP contribution in [0.15, 0.2) is 48.5 Å². The molecule has 0 radical (unpaired) electrons. The van der Waals surface area contributed by atoms with Crippen molar-refractivity contribution in [2.75, 3.05) is 64.2 Å². The summed E-state index contributed by atoms with van der Waals surface area (Å²) in [6, 6.07) is 18.8. The fourth-order valence-electron chi connectivity index (χ4n) is 4.68. The molecule has 0 aromatic heterocycles. The van der Waals surface area contributed by atoms with E-state index in [2.05, 4.69) is 17.0 Å². The molecule has 2 amide bonds. The molecule has 0 unspecified atom stereocenters. The Labute approximate surface area is 322 Å². The normalized spacial score (nSPS) is 15.2. The molecule has 2 heterocycles. The average molecular weight is 760 g/mol. The molecule has 2 aliphatic rings. The third kappa shape index (κ3) is 17.8. The van der Waals surface area contributed by atoms with Crippen molar-refractivity contribution < 1.29 is 45.9 Å². The molecular weight excluding hydrogens is 701 g/mol. The summed E-state index contributed by atoms with van der Waals surface area (Å²) >= 11 is 0. The number of piperidine rings is 2. The van der Waals surface area contributed by atoms with Gasteiger partial charge in [0.15, 0.2) is 0 Å². The number of Topliss-reactive ketones (excluding diaryl/α,β-unsaturated/α-hetero) is 1. The van der Waals surface area contributed by atoms with Gasteiger partial charge in [0.25, 0.3) is 0 Å². The summed E-state index contributed by atoms with van der Waals surface area (Å²) < 4.78 is 10.6. The summed E-state index contributed by atoms with van der Waals surface area (Å²) in [6.45, 7) is 13.1. The van der Waals surface area contributed by atoms with E-state index in [-0.39, 0.29) is 65.4 Å². The quantitative estimate of drug-likeness (QED) is 0.376. The molecular formula is C37H59BrMgN4O6. The molecule has 272 valence electrons. The van der Waals surface area contributed by atoms with Crippen LogP contribution in [0.2, 0.25) is 0 Å². The maximum absolute atomic E-state index is 12.1. The number of ether oxygens (including phenoxy) is 2. The number of rotatable bonds is 3. The van der Waals surface area contributed by atoms with Gasteiger partial charge in [-0.3, -0.25) is 4.79 Å². The Hall–Kier alpha value is -2.54. The van der Waals surface area contributed by atoms with Gasteiger partial charge in [-0.15, -0.1) is 6.07 Å². The zero-order valence-corrected chi connectivity index (χ0v) is 33.6. The minimum absolute atomic E-state index is 0. The van der Waals surface area contributed by atoms with Gasteiger partial charge in [0.2, 0.25) is 0 Å². The van der Waals surface area contributed by atoms with Crippen LogP contribution in [-0.2, 0) is 19.9 Å². The number of ketones is 1. The summed E-state index contributed by atoms with van der Waals surface area (Å²) in [7, 11) is 7.99. The molecule has 12 heteroatoms. The summed E-state index contributed by atoms with van der Waals surface area (Å²) in [5, 5.41) is 11.0. The molecule has 0 atom stereocenters. The number of nitrogens with zero attached hydrogens (tertiary/aromatic N) is 4. The van der Waals surface area contributed by atoms with E-state index in [1.165, 1.54) is 5.69 Å². The minimum Gasteiger partial charge on any atom is -1.00 e. The Balaban J connectivity index is 0. The monoisotopic (exact) mass is 758 g/mol. The Morgan fingerprint density at radius 2 is 1.24 bits per heavy atom. The summed E-state index contributed by atoms with van der Waals surface area (Å²) in [5.74, 6) is 0.227. The molecule has 1 N–H and O–H groups in total. The van der Waals surface area contributed by atoms with E-state index in [0.717, 1.165) is 11.3 Å². The number of benzene rings is 2. The average Bonchev–Trinajstić information content (AvgIpc) is 2.97. The zero-order valence-electron chi connectivity index (χ0n) is 30.6. The molecule has 10 nitrogen and oxygen atoms in total. The van der Waals surface area contributed by atoms with Gasteiger partial charge in [-0.2, -0.15) is 24.3 Å². The van der Waals surface area contributed by atoms with E-state index in [0.29, 0.717) is 51.9 Å². The van der Waals surface area contributed by atoms with Crippen LogP contribution in [0.3, 0.4) is 0 Å².